The lowest BCUT2D eigenvalue weighted by atomic mass is 10.0. The third-order valence-corrected chi connectivity index (χ3v) is 4.00. The van der Waals surface area contributed by atoms with Gasteiger partial charge in [-0.15, -0.1) is 0 Å². The van der Waals surface area contributed by atoms with Crippen LogP contribution in [0.25, 0.3) is 0 Å². The van der Waals surface area contributed by atoms with E-state index in [1.54, 1.807) is 13.2 Å². The Bertz CT molecular complexity index is 631. The van der Waals surface area contributed by atoms with Gasteiger partial charge in [0.15, 0.2) is 11.6 Å². The topological polar surface area (TPSA) is 38.7 Å². The molecule has 0 heterocycles. The van der Waals surface area contributed by atoms with E-state index in [2.05, 4.69) is 15.9 Å². The summed E-state index contributed by atoms with van der Waals surface area (Å²) < 4.78 is 24.6. The fraction of sp³-hybridized carbons (Fsp3) is 0.250. The number of aliphatic hydroxyl groups excluding tert-OH is 1. The van der Waals surface area contributed by atoms with Gasteiger partial charge in [-0.2, -0.15) is 0 Å². The maximum atomic E-state index is 13.7. The van der Waals surface area contributed by atoms with Crippen molar-refractivity contribution in [3.8, 4) is 11.5 Å². The van der Waals surface area contributed by atoms with Crippen LogP contribution in [0.2, 0.25) is 0 Å². The monoisotopic (exact) mass is 354 g/mol. The first-order valence-corrected chi connectivity index (χ1v) is 7.18. The van der Waals surface area contributed by atoms with Gasteiger partial charge in [0.25, 0.3) is 0 Å². The third-order valence-electron chi connectivity index (χ3n) is 3.23. The first kappa shape index (κ1) is 15.8. The van der Waals surface area contributed by atoms with Gasteiger partial charge in [-0.05, 0) is 41.5 Å². The summed E-state index contributed by atoms with van der Waals surface area (Å²) in [6.07, 6.45) is -0.461. The zero-order chi connectivity index (χ0) is 15.4. The largest absolute Gasteiger partial charge is 0.497 e. The van der Waals surface area contributed by atoms with Crippen molar-refractivity contribution in [2.24, 2.45) is 0 Å². The zero-order valence-electron chi connectivity index (χ0n) is 11.8. The molecule has 21 heavy (non-hydrogen) atoms. The zero-order valence-corrected chi connectivity index (χ0v) is 13.4. The average Bonchev–Trinajstić information content (AvgIpc) is 2.49. The Morgan fingerprint density at radius 3 is 2.52 bits per heavy atom. The van der Waals surface area contributed by atoms with Crippen LogP contribution in [0.4, 0.5) is 4.39 Å². The quantitative estimate of drug-likeness (QED) is 0.885. The maximum absolute atomic E-state index is 13.7. The first-order valence-electron chi connectivity index (χ1n) is 6.39. The molecule has 0 spiro atoms. The molecule has 0 aliphatic carbocycles. The Kier molecular flexibility index (Phi) is 5.20. The highest BCUT2D eigenvalue weighted by atomic mass is 79.9. The highest BCUT2D eigenvalue weighted by Gasteiger charge is 2.14. The van der Waals surface area contributed by atoms with E-state index in [1.807, 2.05) is 18.2 Å². The van der Waals surface area contributed by atoms with Crippen LogP contribution in [-0.4, -0.2) is 19.3 Å². The van der Waals surface area contributed by atoms with Crippen LogP contribution in [0, 0.1) is 5.82 Å². The molecule has 1 N–H and O–H groups in total. The Hall–Kier alpha value is -1.59. The molecule has 0 aliphatic heterocycles. The molecule has 2 aromatic carbocycles. The van der Waals surface area contributed by atoms with Gasteiger partial charge in [0, 0.05) is 10.9 Å². The predicted octanol–water partition coefficient (Wildman–Crippen LogP) is 3.88. The molecule has 0 aliphatic rings. The summed E-state index contributed by atoms with van der Waals surface area (Å²) in [5.41, 5.74) is 1.39. The van der Waals surface area contributed by atoms with E-state index in [0.29, 0.717) is 17.7 Å². The number of methoxy groups -OCH3 is 2. The Morgan fingerprint density at radius 2 is 1.90 bits per heavy atom. The summed E-state index contributed by atoms with van der Waals surface area (Å²) in [4.78, 5) is 0. The molecule has 0 fully saturated rings. The molecule has 0 amide bonds. The summed E-state index contributed by atoms with van der Waals surface area (Å²) in [5, 5.41) is 10.3. The van der Waals surface area contributed by atoms with Gasteiger partial charge in [0.1, 0.15) is 5.75 Å². The molecule has 1 atom stereocenters. The first-order chi connectivity index (χ1) is 10.0. The number of halogens is 2. The van der Waals surface area contributed by atoms with E-state index in [0.717, 1.165) is 10.0 Å². The summed E-state index contributed by atoms with van der Waals surface area (Å²) in [6, 6.07) is 9.97. The van der Waals surface area contributed by atoms with Crippen molar-refractivity contribution in [2.75, 3.05) is 14.2 Å². The number of hydrogen-bond donors (Lipinski definition) is 1. The molecule has 5 heteroatoms. The Labute approximate surface area is 131 Å². The number of benzene rings is 2. The lowest BCUT2D eigenvalue weighted by Crippen LogP contribution is -2.04. The summed E-state index contributed by atoms with van der Waals surface area (Å²) in [7, 11) is 2.99. The summed E-state index contributed by atoms with van der Waals surface area (Å²) >= 11 is 3.44. The van der Waals surface area contributed by atoms with Crippen molar-refractivity contribution >= 4 is 15.9 Å². The molecule has 0 saturated carbocycles. The number of rotatable bonds is 5. The molecule has 0 saturated heterocycles. The van der Waals surface area contributed by atoms with Gasteiger partial charge >= 0.3 is 0 Å². The van der Waals surface area contributed by atoms with Gasteiger partial charge in [-0.1, -0.05) is 22.0 Å². The molecule has 2 rings (SSSR count). The van der Waals surface area contributed by atoms with Gasteiger partial charge in [0.2, 0.25) is 0 Å². The number of ether oxygens (including phenoxy) is 2. The molecule has 0 bridgehead atoms. The lowest BCUT2D eigenvalue weighted by Gasteiger charge is -2.14. The van der Waals surface area contributed by atoms with Crippen molar-refractivity contribution < 1.29 is 19.0 Å². The Balaban J connectivity index is 2.21. The van der Waals surface area contributed by atoms with Crippen LogP contribution in [0.3, 0.4) is 0 Å². The minimum atomic E-state index is -0.811. The standard InChI is InChI=1S/C16H16BrFO3/c1-20-12-4-5-13(17)11(7-12)9-15(19)10-3-6-16(21-2)14(18)8-10/h3-8,15,19H,9H2,1-2H3. The van der Waals surface area contributed by atoms with E-state index < -0.39 is 11.9 Å². The van der Waals surface area contributed by atoms with Gasteiger partial charge in [0.05, 0.1) is 20.3 Å². The molecule has 3 nitrogen and oxygen atoms in total. The van der Waals surface area contributed by atoms with E-state index in [-0.39, 0.29) is 5.75 Å². The third kappa shape index (κ3) is 3.74. The molecule has 112 valence electrons. The van der Waals surface area contributed by atoms with Crippen LogP contribution in [-0.2, 0) is 6.42 Å². The number of hydrogen-bond acceptors (Lipinski definition) is 3. The van der Waals surface area contributed by atoms with Gasteiger partial charge in [-0.3, -0.25) is 0 Å². The highest BCUT2D eigenvalue weighted by molar-refractivity contribution is 9.10. The van der Waals surface area contributed by atoms with Gasteiger partial charge in [-0.25, -0.2) is 4.39 Å². The normalized spacial score (nSPS) is 12.0. The second kappa shape index (κ2) is 6.91. The van der Waals surface area contributed by atoms with Crippen molar-refractivity contribution in [3.63, 3.8) is 0 Å². The SMILES string of the molecule is COc1ccc(Br)c(CC(O)c2ccc(OC)c(F)c2)c1. The average molecular weight is 355 g/mol. The minimum absolute atomic E-state index is 0.161. The molecule has 0 aromatic heterocycles. The predicted molar refractivity (Wildman–Crippen MR) is 82.3 cm³/mol. The minimum Gasteiger partial charge on any atom is -0.497 e. The molecular formula is C16H16BrFO3. The maximum Gasteiger partial charge on any atom is 0.165 e. The van der Waals surface area contributed by atoms with E-state index in [4.69, 9.17) is 9.47 Å². The molecule has 2 aromatic rings. The van der Waals surface area contributed by atoms with Crippen molar-refractivity contribution in [1.82, 2.24) is 0 Å². The van der Waals surface area contributed by atoms with E-state index in [9.17, 15) is 9.50 Å². The highest BCUT2D eigenvalue weighted by Crippen LogP contribution is 2.29. The van der Waals surface area contributed by atoms with Crippen LogP contribution >= 0.6 is 15.9 Å². The van der Waals surface area contributed by atoms with E-state index >= 15 is 0 Å². The molecular weight excluding hydrogens is 339 g/mol. The van der Waals surface area contributed by atoms with Crippen LogP contribution in [0.15, 0.2) is 40.9 Å². The molecule has 0 radical (unpaired) electrons. The summed E-state index contributed by atoms with van der Waals surface area (Å²) in [6.45, 7) is 0. The van der Waals surface area contributed by atoms with Crippen molar-refractivity contribution in [1.29, 1.82) is 0 Å². The fourth-order valence-corrected chi connectivity index (χ4v) is 2.46. The van der Waals surface area contributed by atoms with Crippen LogP contribution < -0.4 is 9.47 Å². The summed E-state index contributed by atoms with van der Waals surface area (Å²) in [5.74, 6) is 0.383. The smallest absolute Gasteiger partial charge is 0.165 e. The number of aliphatic hydroxyl groups is 1. The van der Waals surface area contributed by atoms with Crippen LogP contribution in [0.1, 0.15) is 17.2 Å². The van der Waals surface area contributed by atoms with Crippen molar-refractivity contribution in [3.05, 3.63) is 57.8 Å². The van der Waals surface area contributed by atoms with Crippen molar-refractivity contribution in [2.45, 2.75) is 12.5 Å². The van der Waals surface area contributed by atoms with Gasteiger partial charge < -0.3 is 14.6 Å². The second-order valence-corrected chi connectivity index (χ2v) is 5.43. The fourth-order valence-electron chi connectivity index (χ4n) is 2.05. The second-order valence-electron chi connectivity index (χ2n) is 4.57. The molecule has 1 unspecified atom stereocenters. The van der Waals surface area contributed by atoms with Crippen LogP contribution in [0.5, 0.6) is 11.5 Å². The Morgan fingerprint density at radius 1 is 1.14 bits per heavy atom. The lowest BCUT2D eigenvalue weighted by molar-refractivity contribution is 0.177. The van der Waals surface area contributed by atoms with E-state index in [1.165, 1.54) is 19.2 Å².